The topological polar surface area (TPSA) is 49.4 Å². The van der Waals surface area contributed by atoms with Crippen molar-refractivity contribution < 1.29 is 9.59 Å². The van der Waals surface area contributed by atoms with E-state index in [-0.39, 0.29) is 17.9 Å². The maximum Gasteiger partial charge on any atom is 0.255 e. The lowest BCUT2D eigenvalue weighted by molar-refractivity contribution is -0.125. The smallest absolute Gasteiger partial charge is 0.255 e. The maximum atomic E-state index is 12.4. The molecule has 1 atom stereocenters. The van der Waals surface area contributed by atoms with E-state index in [9.17, 15) is 9.59 Å². The van der Waals surface area contributed by atoms with Gasteiger partial charge in [0, 0.05) is 18.0 Å². The summed E-state index contributed by atoms with van der Waals surface area (Å²) in [5, 5.41) is 4.88. The SMILES string of the molecule is O=C(NC1CC1)C1CCCN1C(=O)c1csc(I)c1. The molecule has 1 unspecified atom stereocenters. The Morgan fingerprint density at radius 1 is 1.37 bits per heavy atom. The molecule has 0 bridgehead atoms. The quantitative estimate of drug-likeness (QED) is 0.805. The van der Waals surface area contributed by atoms with Crippen LogP contribution in [0.25, 0.3) is 0 Å². The van der Waals surface area contributed by atoms with Crippen LogP contribution < -0.4 is 5.32 Å². The third kappa shape index (κ3) is 2.94. The molecule has 1 aliphatic heterocycles. The fourth-order valence-electron chi connectivity index (χ4n) is 2.40. The van der Waals surface area contributed by atoms with E-state index in [1.54, 1.807) is 16.2 Å². The summed E-state index contributed by atoms with van der Waals surface area (Å²) in [7, 11) is 0. The highest BCUT2D eigenvalue weighted by Gasteiger charge is 2.36. The molecule has 19 heavy (non-hydrogen) atoms. The van der Waals surface area contributed by atoms with Crippen molar-refractivity contribution in [2.45, 2.75) is 37.8 Å². The number of hydrogen-bond donors (Lipinski definition) is 1. The fraction of sp³-hybridized carbons (Fsp3) is 0.538. The van der Waals surface area contributed by atoms with E-state index in [2.05, 4.69) is 27.9 Å². The largest absolute Gasteiger partial charge is 0.352 e. The molecule has 3 rings (SSSR count). The highest BCUT2D eigenvalue weighted by atomic mass is 127. The van der Waals surface area contributed by atoms with Crippen molar-refractivity contribution in [1.29, 1.82) is 0 Å². The minimum absolute atomic E-state index is 0.00684. The number of nitrogens with zero attached hydrogens (tertiary/aromatic N) is 1. The first-order valence-electron chi connectivity index (χ1n) is 6.50. The van der Waals surface area contributed by atoms with Gasteiger partial charge in [-0.1, -0.05) is 0 Å². The molecule has 6 heteroatoms. The molecule has 2 fully saturated rings. The van der Waals surface area contributed by atoms with Gasteiger partial charge in [0.05, 0.1) is 8.45 Å². The number of halogens is 1. The van der Waals surface area contributed by atoms with Crippen LogP contribution in [0.1, 0.15) is 36.0 Å². The molecular formula is C13H15IN2O2S. The third-order valence-electron chi connectivity index (χ3n) is 3.55. The third-order valence-corrected chi connectivity index (χ3v) is 5.34. The molecule has 0 radical (unpaired) electrons. The van der Waals surface area contributed by atoms with Crippen molar-refractivity contribution in [3.63, 3.8) is 0 Å². The molecule has 1 saturated carbocycles. The van der Waals surface area contributed by atoms with Gasteiger partial charge in [-0.15, -0.1) is 11.3 Å². The summed E-state index contributed by atoms with van der Waals surface area (Å²) < 4.78 is 1.10. The molecule has 1 aromatic heterocycles. The Morgan fingerprint density at radius 3 is 2.79 bits per heavy atom. The normalized spacial score (nSPS) is 22.6. The second kappa shape index (κ2) is 5.40. The Kier molecular flexibility index (Phi) is 3.79. The minimum Gasteiger partial charge on any atom is -0.352 e. The first kappa shape index (κ1) is 13.4. The van der Waals surface area contributed by atoms with E-state index in [0.29, 0.717) is 18.2 Å². The van der Waals surface area contributed by atoms with E-state index in [1.807, 2.05) is 11.4 Å². The van der Waals surface area contributed by atoms with Gasteiger partial charge < -0.3 is 10.2 Å². The lowest BCUT2D eigenvalue weighted by atomic mass is 10.2. The van der Waals surface area contributed by atoms with Crippen molar-refractivity contribution in [3.8, 4) is 0 Å². The second-order valence-corrected chi connectivity index (χ2v) is 7.88. The first-order chi connectivity index (χ1) is 9.15. The van der Waals surface area contributed by atoms with Crippen LogP contribution in [0, 0.1) is 2.88 Å². The molecule has 102 valence electrons. The summed E-state index contributed by atoms with van der Waals surface area (Å²) in [6.07, 6.45) is 3.85. The number of hydrogen-bond acceptors (Lipinski definition) is 3. The Hall–Kier alpha value is -0.630. The summed E-state index contributed by atoms with van der Waals surface area (Å²) in [5.41, 5.74) is 0.709. The van der Waals surface area contributed by atoms with Gasteiger partial charge in [-0.25, -0.2) is 0 Å². The van der Waals surface area contributed by atoms with Crippen LogP contribution >= 0.6 is 33.9 Å². The van der Waals surface area contributed by atoms with Crippen molar-refractivity contribution in [1.82, 2.24) is 10.2 Å². The Morgan fingerprint density at radius 2 is 2.16 bits per heavy atom. The van der Waals surface area contributed by atoms with Crippen molar-refractivity contribution in [2.75, 3.05) is 6.54 Å². The van der Waals surface area contributed by atoms with E-state index in [0.717, 1.165) is 28.6 Å². The lowest BCUT2D eigenvalue weighted by Gasteiger charge is -2.23. The van der Waals surface area contributed by atoms with E-state index in [1.165, 1.54) is 0 Å². The van der Waals surface area contributed by atoms with Gasteiger partial charge in [-0.3, -0.25) is 9.59 Å². The van der Waals surface area contributed by atoms with E-state index >= 15 is 0 Å². The van der Waals surface area contributed by atoms with Crippen molar-refractivity contribution in [3.05, 3.63) is 19.9 Å². The van der Waals surface area contributed by atoms with Gasteiger partial charge in [-0.2, -0.15) is 0 Å². The molecule has 2 heterocycles. The minimum atomic E-state index is -0.273. The van der Waals surface area contributed by atoms with Gasteiger partial charge >= 0.3 is 0 Å². The van der Waals surface area contributed by atoms with Crippen LogP contribution in [-0.2, 0) is 4.79 Å². The standard InChI is InChI=1S/C13H15IN2O2S/c14-11-6-8(7-19-11)13(18)16-5-1-2-10(16)12(17)15-9-3-4-9/h6-7,9-10H,1-5H2,(H,15,17). The molecule has 1 aliphatic carbocycles. The predicted molar refractivity (Wildman–Crippen MR) is 82.3 cm³/mol. The molecular weight excluding hydrogens is 375 g/mol. The van der Waals surface area contributed by atoms with Gasteiger partial charge in [0.1, 0.15) is 6.04 Å². The van der Waals surface area contributed by atoms with Gasteiger partial charge in [0.2, 0.25) is 5.91 Å². The van der Waals surface area contributed by atoms with E-state index < -0.39 is 0 Å². The number of thiophene rings is 1. The van der Waals surface area contributed by atoms with Crippen molar-refractivity contribution in [2.24, 2.45) is 0 Å². The number of carbonyl (C=O) groups excluding carboxylic acids is 2. The molecule has 1 N–H and O–H groups in total. The van der Waals surface area contributed by atoms with Gasteiger partial charge in [0.15, 0.2) is 0 Å². The van der Waals surface area contributed by atoms with Crippen LogP contribution in [0.3, 0.4) is 0 Å². The Balaban J connectivity index is 1.71. The molecule has 2 amide bonds. The summed E-state index contributed by atoms with van der Waals surface area (Å²) >= 11 is 3.77. The van der Waals surface area contributed by atoms with Gasteiger partial charge in [-0.05, 0) is 54.3 Å². The molecule has 0 aromatic carbocycles. The van der Waals surface area contributed by atoms with Crippen LogP contribution in [0.2, 0.25) is 0 Å². The zero-order chi connectivity index (χ0) is 13.4. The zero-order valence-corrected chi connectivity index (χ0v) is 13.4. The maximum absolute atomic E-state index is 12.4. The summed E-state index contributed by atoms with van der Waals surface area (Å²) in [4.78, 5) is 26.3. The van der Waals surface area contributed by atoms with Crippen LogP contribution in [-0.4, -0.2) is 35.3 Å². The highest BCUT2D eigenvalue weighted by molar-refractivity contribution is 14.1. The Labute approximate surface area is 129 Å². The zero-order valence-electron chi connectivity index (χ0n) is 10.4. The number of nitrogens with one attached hydrogen (secondary N) is 1. The number of rotatable bonds is 3. The monoisotopic (exact) mass is 390 g/mol. The molecule has 4 nitrogen and oxygen atoms in total. The van der Waals surface area contributed by atoms with Crippen molar-refractivity contribution >= 4 is 45.7 Å². The molecule has 1 aromatic rings. The highest BCUT2D eigenvalue weighted by Crippen LogP contribution is 2.25. The molecule has 2 aliphatic rings. The summed E-state index contributed by atoms with van der Waals surface area (Å²) in [6, 6.07) is 1.97. The Bertz CT molecular complexity index is 512. The molecule has 1 saturated heterocycles. The average Bonchev–Trinajstić information content (AvgIpc) is 2.92. The van der Waals surface area contributed by atoms with Gasteiger partial charge in [0.25, 0.3) is 5.91 Å². The predicted octanol–water partition coefficient (Wildman–Crippen LogP) is 2.24. The number of amides is 2. The van der Waals surface area contributed by atoms with Crippen LogP contribution in [0.4, 0.5) is 0 Å². The fourth-order valence-corrected chi connectivity index (χ4v) is 3.72. The number of likely N-dealkylation sites (tertiary alicyclic amines) is 1. The summed E-state index contributed by atoms with van der Waals surface area (Å²) in [6.45, 7) is 0.689. The van der Waals surface area contributed by atoms with Crippen LogP contribution in [0.15, 0.2) is 11.4 Å². The van der Waals surface area contributed by atoms with Crippen LogP contribution in [0.5, 0.6) is 0 Å². The summed E-state index contributed by atoms with van der Waals surface area (Å²) in [5.74, 6) is 0.0193. The second-order valence-electron chi connectivity index (χ2n) is 5.08. The van der Waals surface area contributed by atoms with E-state index in [4.69, 9.17) is 0 Å². The molecule has 0 spiro atoms. The lowest BCUT2D eigenvalue weighted by Crippen LogP contribution is -2.46. The number of carbonyl (C=O) groups is 2. The average molecular weight is 390 g/mol. The first-order valence-corrected chi connectivity index (χ1v) is 8.46.